The summed E-state index contributed by atoms with van der Waals surface area (Å²) < 4.78 is 15.5. The Hall–Kier alpha value is -3.52. The zero-order valence-corrected chi connectivity index (χ0v) is 16.7. The molecule has 0 aliphatic rings. The molecule has 0 aliphatic heterocycles. The van der Waals surface area contributed by atoms with Crippen molar-refractivity contribution in [3.05, 3.63) is 102 Å². The van der Waals surface area contributed by atoms with E-state index in [2.05, 4.69) is 20.8 Å². The molecule has 8 heteroatoms. The van der Waals surface area contributed by atoms with Gasteiger partial charge in [0, 0.05) is 17.0 Å². The standard InChI is InChI=1S/C22H18FN5OS/c23-19-12-6-4-8-16(19)14-24-22(29)18-11-5-7-13-20(18)30-15-21-25-26-27-28(21)17-9-2-1-3-10-17/h1-13H,14-15H2,(H,24,29). The van der Waals surface area contributed by atoms with Crippen molar-refractivity contribution in [2.24, 2.45) is 0 Å². The molecule has 30 heavy (non-hydrogen) atoms. The van der Waals surface area contributed by atoms with Crippen molar-refractivity contribution in [2.45, 2.75) is 17.2 Å². The number of hydrogen-bond donors (Lipinski definition) is 1. The minimum Gasteiger partial charge on any atom is -0.348 e. The number of thioether (sulfide) groups is 1. The molecule has 0 atom stereocenters. The number of tetrazole rings is 1. The summed E-state index contributed by atoms with van der Waals surface area (Å²) in [7, 11) is 0. The summed E-state index contributed by atoms with van der Waals surface area (Å²) in [4.78, 5) is 13.5. The van der Waals surface area contributed by atoms with Gasteiger partial charge in [-0.15, -0.1) is 16.9 Å². The van der Waals surface area contributed by atoms with Crippen molar-refractivity contribution in [1.29, 1.82) is 0 Å². The molecule has 0 spiro atoms. The number of aromatic nitrogens is 4. The molecule has 4 rings (SSSR count). The summed E-state index contributed by atoms with van der Waals surface area (Å²) in [5.74, 6) is 0.560. The average molecular weight is 419 g/mol. The van der Waals surface area contributed by atoms with E-state index in [0.717, 1.165) is 10.6 Å². The topological polar surface area (TPSA) is 72.7 Å². The summed E-state index contributed by atoms with van der Waals surface area (Å²) in [6, 6.07) is 23.3. The Labute approximate surface area is 177 Å². The molecule has 6 nitrogen and oxygen atoms in total. The molecule has 1 amide bonds. The van der Waals surface area contributed by atoms with E-state index in [0.29, 0.717) is 22.7 Å². The van der Waals surface area contributed by atoms with Crippen LogP contribution in [-0.2, 0) is 12.3 Å². The predicted octanol–water partition coefficient (Wildman–Crippen LogP) is 4.02. The third kappa shape index (κ3) is 4.55. The fraction of sp³-hybridized carbons (Fsp3) is 0.0909. The van der Waals surface area contributed by atoms with Gasteiger partial charge in [0.15, 0.2) is 5.82 Å². The highest BCUT2D eigenvalue weighted by Gasteiger charge is 2.14. The molecule has 150 valence electrons. The highest BCUT2D eigenvalue weighted by molar-refractivity contribution is 7.98. The Morgan fingerprint density at radius 1 is 0.967 bits per heavy atom. The van der Waals surface area contributed by atoms with Crippen molar-refractivity contribution < 1.29 is 9.18 Å². The maximum absolute atomic E-state index is 13.8. The van der Waals surface area contributed by atoms with Crippen LogP contribution in [0.2, 0.25) is 0 Å². The first-order valence-corrected chi connectivity index (χ1v) is 10.3. The molecule has 0 saturated carbocycles. The summed E-state index contributed by atoms with van der Waals surface area (Å²) in [6.07, 6.45) is 0. The lowest BCUT2D eigenvalue weighted by Crippen LogP contribution is -2.23. The van der Waals surface area contributed by atoms with Crippen molar-refractivity contribution in [3.63, 3.8) is 0 Å². The van der Waals surface area contributed by atoms with Gasteiger partial charge in [-0.3, -0.25) is 4.79 Å². The quantitative estimate of drug-likeness (QED) is 0.458. The van der Waals surface area contributed by atoms with Crippen LogP contribution < -0.4 is 5.32 Å². The number of nitrogens with one attached hydrogen (secondary N) is 1. The second-order valence-electron chi connectivity index (χ2n) is 6.40. The maximum atomic E-state index is 13.8. The van der Waals surface area contributed by atoms with Gasteiger partial charge in [0.25, 0.3) is 5.91 Å². The van der Waals surface area contributed by atoms with Crippen molar-refractivity contribution >= 4 is 17.7 Å². The van der Waals surface area contributed by atoms with Crippen molar-refractivity contribution in [3.8, 4) is 5.69 Å². The van der Waals surface area contributed by atoms with Crippen molar-refractivity contribution in [2.75, 3.05) is 0 Å². The summed E-state index contributed by atoms with van der Waals surface area (Å²) in [6.45, 7) is 0.122. The van der Waals surface area contributed by atoms with Gasteiger partial charge in [0.1, 0.15) is 5.82 Å². The first-order valence-electron chi connectivity index (χ1n) is 9.28. The van der Waals surface area contributed by atoms with Crippen LogP contribution in [0.25, 0.3) is 5.69 Å². The van der Waals surface area contributed by atoms with Gasteiger partial charge in [-0.2, -0.15) is 4.68 Å². The largest absolute Gasteiger partial charge is 0.348 e. The lowest BCUT2D eigenvalue weighted by Gasteiger charge is -2.10. The number of carbonyl (C=O) groups excluding carboxylic acids is 1. The van der Waals surface area contributed by atoms with Gasteiger partial charge in [-0.1, -0.05) is 48.5 Å². The zero-order valence-electron chi connectivity index (χ0n) is 15.9. The van der Waals surface area contributed by atoms with Crippen LogP contribution in [0.3, 0.4) is 0 Å². The number of benzene rings is 3. The van der Waals surface area contributed by atoms with Crippen molar-refractivity contribution in [1.82, 2.24) is 25.5 Å². The molecule has 0 unspecified atom stereocenters. The summed E-state index contributed by atoms with van der Waals surface area (Å²) >= 11 is 1.47. The Morgan fingerprint density at radius 2 is 1.70 bits per heavy atom. The second-order valence-corrected chi connectivity index (χ2v) is 7.42. The van der Waals surface area contributed by atoms with Gasteiger partial charge < -0.3 is 5.32 Å². The van der Waals surface area contributed by atoms with Crippen LogP contribution in [0.1, 0.15) is 21.7 Å². The van der Waals surface area contributed by atoms with Crippen LogP contribution in [-0.4, -0.2) is 26.1 Å². The Morgan fingerprint density at radius 3 is 2.53 bits per heavy atom. The zero-order chi connectivity index (χ0) is 20.8. The molecular weight excluding hydrogens is 401 g/mol. The van der Waals surface area contributed by atoms with Gasteiger partial charge in [0.05, 0.1) is 17.0 Å². The molecule has 0 bridgehead atoms. The minimum absolute atomic E-state index is 0.122. The van der Waals surface area contributed by atoms with Crippen LogP contribution in [0, 0.1) is 5.82 Å². The maximum Gasteiger partial charge on any atom is 0.252 e. The highest BCUT2D eigenvalue weighted by atomic mass is 32.2. The summed E-state index contributed by atoms with van der Waals surface area (Å²) in [5.41, 5.74) is 1.84. The van der Waals surface area contributed by atoms with E-state index >= 15 is 0 Å². The van der Waals surface area contributed by atoms with Gasteiger partial charge in [-0.05, 0) is 40.8 Å². The Bertz CT molecular complexity index is 1150. The van der Waals surface area contributed by atoms with Crippen LogP contribution >= 0.6 is 11.8 Å². The third-order valence-corrected chi connectivity index (χ3v) is 5.49. The molecule has 0 radical (unpaired) electrons. The second kappa shape index (κ2) is 9.32. The number of carbonyl (C=O) groups is 1. The first kappa shape index (κ1) is 19.8. The molecule has 0 saturated heterocycles. The van der Waals surface area contributed by atoms with Crippen LogP contribution in [0.15, 0.2) is 83.8 Å². The number of amides is 1. The number of nitrogens with zero attached hydrogens (tertiary/aromatic N) is 4. The fourth-order valence-corrected chi connectivity index (χ4v) is 3.86. The van der Waals surface area contributed by atoms with E-state index in [1.54, 1.807) is 35.0 Å². The van der Waals surface area contributed by atoms with Gasteiger partial charge in [0.2, 0.25) is 0 Å². The van der Waals surface area contributed by atoms with Gasteiger partial charge in [-0.25, -0.2) is 4.39 Å². The number of rotatable bonds is 7. The van der Waals surface area contributed by atoms with E-state index in [4.69, 9.17) is 0 Å². The normalized spacial score (nSPS) is 10.7. The smallest absolute Gasteiger partial charge is 0.252 e. The van der Waals surface area contributed by atoms with Gasteiger partial charge >= 0.3 is 0 Å². The average Bonchev–Trinajstić information content (AvgIpc) is 3.26. The van der Waals surface area contributed by atoms with E-state index in [-0.39, 0.29) is 18.3 Å². The molecular formula is C22H18FN5OS. The van der Waals surface area contributed by atoms with E-state index in [1.807, 2.05) is 42.5 Å². The highest BCUT2D eigenvalue weighted by Crippen LogP contribution is 2.26. The minimum atomic E-state index is -0.340. The predicted molar refractivity (Wildman–Crippen MR) is 113 cm³/mol. The SMILES string of the molecule is O=C(NCc1ccccc1F)c1ccccc1SCc1nnnn1-c1ccccc1. The molecule has 4 aromatic rings. The molecule has 1 aromatic heterocycles. The Balaban J connectivity index is 1.46. The van der Waals surface area contributed by atoms with E-state index in [1.165, 1.54) is 17.8 Å². The monoisotopic (exact) mass is 419 g/mol. The third-order valence-electron chi connectivity index (χ3n) is 4.42. The van der Waals surface area contributed by atoms with Crippen LogP contribution in [0.4, 0.5) is 4.39 Å². The molecule has 0 fully saturated rings. The molecule has 3 aromatic carbocycles. The van der Waals surface area contributed by atoms with E-state index < -0.39 is 0 Å². The first-order chi connectivity index (χ1) is 14.7. The summed E-state index contributed by atoms with van der Waals surface area (Å²) in [5, 5.41) is 14.7. The number of para-hydroxylation sites is 1. The molecule has 0 aliphatic carbocycles. The number of halogens is 1. The molecule has 1 N–H and O–H groups in total. The lowest BCUT2D eigenvalue weighted by molar-refractivity contribution is 0.0947. The fourth-order valence-electron chi connectivity index (χ4n) is 2.90. The molecule has 1 heterocycles. The Kier molecular flexibility index (Phi) is 6.14. The van der Waals surface area contributed by atoms with Crippen LogP contribution in [0.5, 0.6) is 0 Å². The number of hydrogen-bond acceptors (Lipinski definition) is 5. The lowest BCUT2D eigenvalue weighted by atomic mass is 10.2. The van der Waals surface area contributed by atoms with E-state index in [9.17, 15) is 9.18 Å².